The Morgan fingerprint density at radius 3 is 2.83 bits per heavy atom. The van der Waals surface area contributed by atoms with E-state index >= 15 is 0 Å². The Labute approximate surface area is 82.5 Å². The van der Waals surface area contributed by atoms with Gasteiger partial charge in [-0.25, -0.2) is 9.78 Å². The lowest BCUT2D eigenvalue weighted by atomic mass is 10.2. The summed E-state index contributed by atoms with van der Waals surface area (Å²) in [5.74, 6) is -0.992. The van der Waals surface area contributed by atoms with Crippen LogP contribution in [0.3, 0.4) is 0 Å². The van der Waals surface area contributed by atoms with Crippen LogP contribution in [0.15, 0.2) is 12.3 Å². The molecule has 1 rings (SSSR count). The molecule has 0 saturated heterocycles. The first-order valence-corrected chi connectivity index (χ1v) is 4.59. The molecule has 12 heavy (non-hydrogen) atoms. The Bertz CT molecular complexity index is 316. The number of rotatable bonds is 2. The molecule has 0 amide bonds. The Morgan fingerprint density at radius 2 is 2.42 bits per heavy atom. The lowest BCUT2D eigenvalue weighted by molar-refractivity contribution is 0.0696. The molecule has 3 nitrogen and oxygen atoms in total. The van der Waals surface area contributed by atoms with Crippen molar-refractivity contribution in [2.45, 2.75) is 5.33 Å². The van der Waals surface area contributed by atoms with Crippen LogP contribution in [0.25, 0.3) is 0 Å². The van der Waals surface area contributed by atoms with Gasteiger partial charge in [-0.2, -0.15) is 0 Å². The molecule has 0 radical (unpaired) electrons. The largest absolute Gasteiger partial charge is 0.478 e. The molecule has 0 spiro atoms. The van der Waals surface area contributed by atoms with Crippen LogP contribution in [0, 0.1) is 0 Å². The summed E-state index contributed by atoms with van der Waals surface area (Å²) >= 11 is 8.81. The smallest absolute Gasteiger partial charge is 0.336 e. The van der Waals surface area contributed by atoms with Crippen molar-refractivity contribution in [3.63, 3.8) is 0 Å². The molecule has 0 aliphatic rings. The van der Waals surface area contributed by atoms with Crippen molar-refractivity contribution in [1.29, 1.82) is 0 Å². The van der Waals surface area contributed by atoms with E-state index in [0.29, 0.717) is 10.9 Å². The molecule has 1 aromatic rings. The highest BCUT2D eigenvalue weighted by Gasteiger charge is 2.11. The first kappa shape index (κ1) is 9.48. The maximum Gasteiger partial charge on any atom is 0.336 e. The Morgan fingerprint density at radius 1 is 1.75 bits per heavy atom. The summed E-state index contributed by atoms with van der Waals surface area (Å²) < 4.78 is 0. The van der Waals surface area contributed by atoms with Gasteiger partial charge in [-0.3, -0.25) is 0 Å². The fraction of sp³-hybridized carbons (Fsp3) is 0.143. The van der Waals surface area contributed by atoms with E-state index in [2.05, 4.69) is 20.9 Å². The molecule has 0 atom stereocenters. The van der Waals surface area contributed by atoms with Gasteiger partial charge in [0.25, 0.3) is 0 Å². The van der Waals surface area contributed by atoms with Crippen LogP contribution in [0.4, 0.5) is 0 Å². The summed E-state index contributed by atoms with van der Waals surface area (Å²) in [5.41, 5.74) is 0.693. The van der Waals surface area contributed by atoms with Crippen LogP contribution in [-0.4, -0.2) is 16.1 Å². The Balaban J connectivity index is 3.27. The average molecular weight is 250 g/mol. The second-order valence-electron chi connectivity index (χ2n) is 2.07. The number of carbonyl (C=O) groups is 1. The predicted octanol–water partition coefficient (Wildman–Crippen LogP) is 2.33. The van der Waals surface area contributed by atoms with E-state index in [1.807, 2.05) is 0 Å². The molecule has 0 bridgehead atoms. The van der Waals surface area contributed by atoms with E-state index in [4.69, 9.17) is 16.7 Å². The number of hydrogen-bond donors (Lipinski definition) is 1. The number of hydrogen-bond acceptors (Lipinski definition) is 2. The van der Waals surface area contributed by atoms with Crippen molar-refractivity contribution in [2.75, 3.05) is 0 Å². The van der Waals surface area contributed by atoms with Gasteiger partial charge in [-0.05, 0) is 6.07 Å². The number of halogens is 2. The summed E-state index contributed by atoms with van der Waals surface area (Å²) in [6.45, 7) is 0. The molecule has 1 N–H and O–H groups in total. The Hall–Kier alpha value is -0.610. The number of alkyl halides is 1. The monoisotopic (exact) mass is 249 g/mol. The molecule has 1 aromatic heterocycles. The van der Waals surface area contributed by atoms with Gasteiger partial charge >= 0.3 is 5.97 Å². The molecule has 0 aliphatic carbocycles. The van der Waals surface area contributed by atoms with Crippen molar-refractivity contribution >= 4 is 33.5 Å². The third kappa shape index (κ3) is 1.76. The van der Waals surface area contributed by atoms with Crippen molar-refractivity contribution in [3.05, 3.63) is 28.5 Å². The van der Waals surface area contributed by atoms with Gasteiger partial charge in [0.1, 0.15) is 5.15 Å². The molecular weight excluding hydrogens is 245 g/mol. The number of pyridine rings is 1. The number of aromatic nitrogens is 1. The lowest BCUT2D eigenvalue weighted by Crippen LogP contribution is -2.02. The van der Waals surface area contributed by atoms with E-state index in [1.165, 1.54) is 12.3 Å². The van der Waals surface area contributed by atoms with Gasteiger partial charge < -0.3 is 5.11 Å². The van der Waals surface area contributed by atoms with Crippen LogP contribution in [-0.2, 0) is 5.33 Å². The van der Waals surface area contributed by atoms with Crippen LogP contribution >= 0.6 is 27.5 Å². The van der Waals surface area contributed by atoms with Gasteiger partial charge in [0.05, 0.1) is 5.56 Å². The number of carboxylic acid groups (broad SMARTS) is 1. The van der Waals surface area contributed by atoms with Crippen molar-refractivity contribution in [1.82, 2.24) is 4.98 Å². The zero-order valence-electron chi connectivity index (χ0n) is 5.92. The second-order valence-corrected chi connectivity index (χ2v) is 2.99. The summed E-state index contributed by atoms with van der Waals surface area (Å²) in [6.07, 6.45) is 1.37. The minimum atomic E-state index is -0.992. The topological polar surface area (TPSA) is 50.2 Å². The van der Waals surface area contributed by atoms with Crippen LogP contribution in [0.2, 0.25) is 5.15 Å². The average Bonchev–Trinajstić information content (AvgIpc) is 2.03. The van der Waals surface area contributed by atoms with Crippen LogP contribution in [0.5, 0.6) is 0 Å². The predicted molar refractivity (Wildman–Crippen MR) is 48.8 cm³/mol. The van der Waals surface area contributed by atoms with Crippen molar-refractivity contribution in [2.24, 2.45) is 0 Å². The summed E-state index contributed by atoms with van der Waals surface area (Å²) in [7, 11) is 0. The van der Waals surface area contributed by atoms with Gasteiger partial charge in [0.15, 0.2) is 0 Å². The van der Waals surface area contributed by atoms with E-state index in [1.54, 1.807) is 0 Å². The van der Waals surface area contributed by atoms with E-state index in [9.17, 15) is 4.79 Å². The lowest BCUT2D eigenvalue weighted by Gasteiger charge is -2.02. The highest BCUT2D eigenvalue weighted by Crippen LogP contribution is 2.19. The molecule has 1 heterocycles. The van der Waals surface area contributed by atoms with Crippen molar-refractivity contribution in [3.8, 4) is 0 Å². The molecular formula is C7H5BrClNO2. The zero-order chi connectivity index (χ0) is 9.14. The van der Waals surface area contributed by atoms with E-state index in [0.717, 1.165) is 0 Å². The zero-order valence-corrected chi connectivity index (χ0v) is 8.26. The second kappa shape index (κ2) is 3.87. The summed E-state index contributed by atoms with van der Waals surface area (Å²) in [6, 6.07) is 1.42. The normalized spacial score (nSPS) is 9.83. The quantitative estimate of drug-likeness (QED) is 0.647. The molecule has 5 heteroatoms. The molecule has 0 saturated carbocycles. The van der Waals surface area contributed by atoms with Gasteiger partial charge in [-0.15, -0.1) is 0 Å². The third-order valence-corrected chi connectivity index (χ3v) is 2.25. The summed E-state index contributed by atoms with van der Waals surface area (Å²) in [4.78, 5) is 14.4. The molecule has 64 valence electrons. The summed E-state index contributed by atoms with van der Waals surface area (Å²) in [5, 5.41) is 9.33. The van der Waals surface area contributed by atoms with Crippen LogP contribution < -0.4 is 0 Å². The fourth-order valence-corrected chi connectivity index (χ4v) is 1.75. The minimum absolute atomic E-state index is 0.187. The maximum atomic E-state index is 10.6. The molecule has 0 unspecified atom stereocenters. The minimum Gasteiger partial charge on any atom is -0.478 e. The molecule has 0 fully saturated rings. The highest BCUT2D eigenvalue weighted by atomic mass is 79.9. The van der Waals surface area contributed by atoms with Gasteiger partial charge in [0, 0.05) is 17.1 Å². The fourth-order valence-electron chi connectivity index (χ4n) is 0.794. The third-order valence-electron chi connectivity index (χ3n) is 1.37. The molecule has 0 aliphatic heterocycles. The first-order valence-electron chi connectivity index (χ1n) is 3.09. The number of carboxylic acids is 1. The van der Waals surface area contributed by atoms with E-state index in [-0.39, 0.29) is 10.7 Å². The van der Waals surface area contributed by atoms with Crippen molar-refractivity contribution < 1.29 is 9.90 Å². The van der Waals surface area contributed by atoms with E-state index < -0.39 is 5.97 Å². The molecule has 0 aromatic carbocycles. The SMILES string of the molecule is O=C(O)c1ccnc(Cl)c1CBr. The van der Waals surface area contributed by atoms with Gasteiger partial charge in [0.2, 0.25) is 0 Å². The number of aromatic carboxylic acids is 1. The maximum absolute atomic E-state index is 10.6. The number of nitrogens with zero attached hydrogens (tertiary/aromatic N) is 1. The highest BCUT2D eigenvalue weighted by molar-refractivity contribution is 9.08. The standard InChI is InChI=1S/C7H5BrClNO2/c8-3-5-4(7(11)12)1-2-10-6(5)9/h1-2H,3H2,(H,11,12). The Kier molecular flexibility index (Phi) is 3.05. The van der Waals surface area contributed by atoms with Crippen LogP contribution in [0.1, 0.15) is 15.9 Å². The first-order chi connectivity index (χ1) is 5.66. The van der Waals surface area contributed by atoms with Gasteiger partial charge in [-0.1, -0.05) is 27.5 Å².